The van der Waals surface area contributed by atoms with Gasteiger partial charge in [-0.3, -0.25) is 4.79 Å². The Kier molecular flexibility index (Phi) is 11.6. The van der Waals surface area contributed by atoms with Gasteiger partial charge in [0.05, 0.1) is 11.5 Å². The molecule has 2 unspecified atom stereocenters. The molecule has 4 nitrogen and oxygen atoms in total. The normalized spacial score (nSPS) is 15.0. The molecule has 0 aliphatic rings. The molecule has 0 radical (unpaired) electrons. The number of unbranched alkanes of at least 4 members (excludes halogenated alkanes) is 2. The first-order chi connectivity index (χ1) is 21.0. The topological polar surface area (TPSA) is 44.8 Å². The number of carbonyl (C=O) groups excluding carboxylic acids is 1. The average molecular weight is 663 g/mol. The lowest BCUT2D eigenvalue weighted by molar-refractivity contribution is -0.274. The lowest BCUT2D eigenvalue weighted by Gasteiger charge is -2.45. The fraction of sp³-hybridized carbons (Fsp3) is 0.605. The number of benzene rings is 2. The van der Waals surface area contributed by atoms with Crippen molar-refractivity contribution in [3.63, 3.8) is 0 Å². The van der Waals surface area contributed by atoms with Crippen molar-refractivity contribution in [1.29, 1.82) is 0 Å². The molecule has 0 fully saturated rings. The molecule has 0 saturated carbocycles. The number of thiophene rings is 1. The number of aryl methyl sites for hydroxylation is 1. The molecular weight excluding hydrogens is 609 g/mol. The maximum Gasteiger partial charge on any atom is 0.573 e. The summed E-state index contributed by atoms with van der Waals surface area (Å²) < 4.78 is 57.9. The monoisotopic (exact) mass is 662 g/mol. The third-order valence-corrected chi connectivity index (χ3v) is 9.70. The molecule has 0 aliphatic carbocycles. The Bertz CT molecular complexity index is 1480. The summed E-state index contributed by atoms with van der Waals surface area (Å²) in [6, 6.07) is 12.7. The van der Waals surface area contributed by atoms with Gasteiger partial charge in [-0.2, -0.15) is 0 Å². The molecule has 8 heteroatoms. The molecule has 0 spiro atoms. The predicted octanol–water partition coefficient (Wildman–Crippen LogP) is 12.2. The third-order valence-electron chi connectivity index (χ3n) is 8.57. The van der Waals surface area contributed by atoms with Gasteiger partial charge in [0.1, 0.15) is 17.1 Å². The van der Waals surface area contributed by atoms with Crippen molar-refractivity contribution < 1.29 is 32.2 Å². The first-order valence-corrected chi connectivity index (χ1v) is 17.2. The third kappa shape index (κ3) is 10.4. The van der Waals surface area contributed by atoms with Gasteiger partial charge in [-0.1, -0.05) is 67.4 Å². The first-order valence-electron chi connectivity index (χ1n) is 16.3. The Morgan fingerprint density at radius 1 is 0.891 bits per heavy atom. The van der Waals surface area contributed by atoms with Crippen LogP contribution in [0.4, 0.5) is 13.2 Å². The molecule has 256 valence electrons. The number of hydrogen-bond donors (Lipinski definition) is 0. The second-order valence-corrected chi connectivity index (χ2v) is 16.8. The molecule has 0 saturated heterocycles. The minimum Gasteiger partial charge on any atom is -0.491 e. The largest absolute Gasteiger partial charge is 0.573 e. The van der Waals surface area contributed by atoms with Crippen molar-refractivity contribution in [2.24, 2.45) is 16.2 Å². The quantitative estimate of drug-likeness (QED) is 0.135. The predicted molar refractivity (Wildman–Crippen MR) is 184 cm³/mol. The minimum absolute atomic E-state index is 0.0491. The van der Waals surface area contributed by atoms with Crippen molar-refractivity contribution >= 4 is 27.4 Å². The minimum atomic E-state index is -4.79. The van der Waals surface area contributed by atoms with Crippen molar-refractivity contribution in [3.05, 3.63) is 48.0 Å². The fourth-order valence-corrected chi connectivity index (χ4v) is 7.13. The van der Waals surface area contributed by atoms with Crippen LogP contribution in [0.5, 0.6) is 11.5 Å². The molecule has 46 heavy (non-hydrogen) atoms. The van der Waals surface area contributed by atoms with Gasteiger partial charge < -0.3 is 14.2 Å². The molecule has 3 aromatic rings. The molecule has 2 atom stereocenters. The van der Waals surface area contributed by atoms with Gasteiger partial charge in [-0.15, -0.1) is 24.5 Å². The molecule has 0 aliphatic heterocycles. The van der Waals surface area contributed by atoms with Gasteiger partial charge in [0.15, 0.2) is 0 Å². The van der Waals surface area contributed by atoms with E-state index < -0.39 is 17.4 Å². The molecule has 0 amide bonds. The van der Waals surface area contributed by atoms with E-state index in [1.807, 2.05) is 58.0 Å². The average Bonchev–Trinajstić information content (AvgIpc) is 3.28. The number of ether oxygens (including phenoxy) is 3. The zero-order valence-electron chi connectivity index (χ0n) is 29.5. The smallest absolute Gasteiger partial charge is 0.491 e. The SMILES string of the molecule is CCCCCc1ccc(-c2cc3ccc(OC(C)CC(C)(C)OC(=O)C(C)(CC(C)(C)C)C(C)(C)C)cc3s2)c(OC(F)(F)F)c1. The summed E-state index contributed by atoms with van der Waals surface area (Å²) in [6.45, 7) is 22.5. The number of hydrogen-bond acceptors (Lipinski definition) is 5. The van der Waals surface area contributed by atoms with Gasteiger partial charge in [-0.05, 0) is 105 Å². The molecule has 1 heterocycles. The Balaban J connectivity index is 1.78. The van der Waals surface area contributed by atoms with Crippen molar-refractivity contribution in [3.8, 4) is 21.9 Å². The highest BCUT2D eigenvalue weighted by molar-refractivity contribution is 7.22. The second-order valence-electron chi connectivity index (χ2n) is 15.7. The van der Waals surface area contributed by atoms with E-state index in [1.54, 1.807) is 6.07 Å². The highest BCUT2D eigenvalue weighted by Gasteiger charge is 2.49. The van der Waals surface area contributed by atoms with Crippen LogP contribution in [0.2, 0.25) is 0 Å². The molecule has 3 rings (SSSR count). The maximum atomic E-state index is 13.7. The van der Waals surface area contributed by atoms with Crippen LogP contribution in [0.3, 0.4) is 0 Å². The Hall–Kier alpha value is -2.74. The van der Waals surface area contributed by atoms with E-state index in [-0.39, 0.29) is 28.7 Å². The number of halogens is 3. The lowest BCUT2D eigenvalue weighted by Crippen LogP contribution is -2.47. The second kappa shape index (κ2) is 14.2. The highest BCUT2D eigenvalue weighted by Crippen LogP contribution is 2.48. The molecule has 0 N–H and O–H groups in total. The van der Waals surface area contributed by atoms with Gasteiger partial charge >= 0.3 is 12.3 Å². The first kappa shape index (κ1) is 37.7. The standard InChI is InChI=1S/C38H53F3O4S/c1-12-13-14-15-26-16-19-29(30(20-26)44-38(39,40)41)32-21-27-17-18-28(22-31(27)46-32)43-25(2)23-36(9,10)45-33(42)37(11,35(6,7)8)24-34(3,4)5/h16-22,25H,12-15,23-24H2,1-11H3. The van der Waals surface area contributed by atoms with Gasteiger partial charge in [0.25, 0.3) is 0 Å². The van der Waals surface area contributed by atoms with Gasteiger partial charge in [0.2, 0.25) is 0 Å². The zero-order valence-corrected chi connectivity index (χ0v) is 30.4. The maximum absolute atomic E-state index is 13.7. The number of carbonyl (C=O) groups is 1. The van der Waals surface area contributed by atoms with Crippen LogP contribution in [-0.2, 0) is 16.0 Å². The van der Waals surface area contributed by atoms with Crippen LogP contribution >= 0.6 is 11.3 Å². The van der Waals surface area contributed by atoms with Crippen molar-refractivity contribution in [2.75, 3.05) is 0 Å². The summed E-state index contributed by atoms with van der Waals surface area (Å²) in [6.07, 6.45) is -0.205. The van der Waals surface area contributed by atoms with Crippen LogP contribution in [0.15, 0.2) is 42.5 Å². The number of esters is 1. The Morgan fingerprint density at radius 3 is 2.15 bits per heavy atom. The van der Waals surface area contributed by atoms with Crippen LogP contribution in [0.1, 0.15) is 114 Å². The van der Waals surface area contributed by atoms with Crippen LogP contribution in [0.25, 0.3) is 20.5 Å². The van der Waals surface area contributed by atoms with E-state index in [4.69, 9.17) is 9.47 Å². The molecular formula is C38H53F3O4S. The molecule has 0 bridgehead atoms. The Morgan fingerprint density at radius 2 is 1.57 bits per heavy atom. The van der Waals surface area contributed by atoms with Crippen molar-refractivity contribution in [1.82, 2.24) is 0 Å². The molecule has 2 aromatic carbocycles. The van der Waals surface area contributed by atoms with E-state index in [9.17, 15) is 18.0 Å². The summed E-state index contributed by atoms with van der Waals surface area (Å²) in [4.78, 5) is 14.3. The van der Waals surface area contributed by atoms with Gasteiger partial charge in [-0.25, -0.2) is 0 Å². The number of fused-ring (bicyclic) bond motifs is 1. The molecule has 1 aromatic heterocycles. The van der Waals surface area contributed by atoms with Crippen LogP contribution < -0.4 is 9.47 Å². The lowest BCUT2D eigenvalue weighted by atomic mass is 9.61. The van der Waals surface area contributed by atoms with E-state index in [2.05, 4.69) is 53.2 Å². The van der Waals surface area contributed by atoms with Crippen molar-refractivity contribution in [2.45, 2.75) is 133 Å². The summed E-state index contributed by atoms with van der Waals surface area (Å²) in [5.74, 6) is 0.253. The summed E-state index contributed by atoms with van der Waals surface area (Å²) >= 11 is 1.39. The van der Waals surface area contributed by atoms with E-state index in [1.165, 1.54) is 17.4 Å². The van der Waals surface area contributed by atoms with E-state index in [0.29, 0.717) is 35.5 Å². The van der Waals surface area contributed by atoms with Crippen LogP contribution in [0, 0.1) is 16.2 Å². The number of alkyl halides is 3. The summed E-state index contributed by atoms with van der Waals surface area (Å²) in [5.41, 5.74) is -0.542. The zero-order chi connectivity index (χ0) is 34.7. The highest BCUT2D eigenvalue weighted by atomic mass is 32.1. The fourth-order valence-electron chi connectivity index (χ4n) is 6.01. The van der Waals surface area contributed by atoms with Gasteiger partial charge in [0, 0.05) is 21.6 Å². The summed E-state index contributed by atoms with van der Waals surface area (Å²) in [5, 5.41) is 0.902. The summed E-state index contributed by atoms with van der Waals surface area (Å²) in [7, 11) is 0. The number of rotatable bonds is 13. The van der Waals surface area contributed by atoms with E-state index in [0.717, 1.165) is 34.9 Å². The van der Waals surface area contributed by atoms with E-state index >= 15 is 0 Å². The van der Waals surface area contributed by atoms with Crippen LogP contribution in [-0.4, -0.2) is 24.0 Å². The Labute approximate surface area is 278 Å².